The Morgan fingerprint density at radius 2 is 1.97 bits per heavy atom. The van der Waals surface area contributed by atoms with Crippen molar-refractivity contribution in [3.8, 4) is 0 Å². The fourth-order valence-corrected chi connectivity index (χ4v) is 4.71. The summed E-state index contributed by atoms with van der Waals surface area (Å²) in [5.74, 6) is -0.370. The van der Waals surface area contributed by atoms with Gasteiger partial charge in [0.25, 0.3) is 5.91 Å². The van der Waals surface area contributed by atoms with Gasteiger partial charge < -0.3 is 14.6 Å². The number of hydrogen-bond donors (Lipinski definition) is 1. The van der Waals surface area contributed by atoms with Crippen LogP contribution in [0.3, 0.4) is 0 Å². The molecule has 6 nitrogen and oxygen atoms in total. The number of pyridine rings is 1. The maximum atomic E-state index is 13.0. The Morgan fingerprint density at radius 3 is 2.69 bits per heavy atom. The Kier molecular flexibility index (Phi) is 6.01. The average Bonchev–Trinajstić information content (AvgIpc) is 3.15. The van der Waals surface area contributed by atoms with Gasteiger partial charge in [-0.15, -0.1) is 11.3 Å². The second-order valence-corrected chi connectivity index (χ2v) is 8.68. The number of rotatable bonds is 5. The van der Waals surface area contributed by atoms with Gasteiger partial charge in [0.15, 0.2) is 0 Å². The van der Waals surface area contributed by atoms with Crippen LogP contribution in [0.2, 0.25) is 5.02 Å². The van der Waals surface area contributed by atoms with Crippen molar-refractivity contribution in [3.63, 3.8) is 0 Å². The molecule has 1 aliphatic heterocycles. The molecule has 0 saturated carbocycles. The van der Waals surface area contributed by atoms with Gasteiger partial charge in [0, 0.05) is 49.3 Å². The summed E-state index contributed by atoms with van der Waals surface area (Å²) in [5, 5.41) is 3.47. The van der Waals surface area contributed by atoms with Crippen molar-refractivity contribution in [1.29, 1.82) is 0 Å². The van der Waals surface area contributed by atoms with E-state index in [-0.39, 0.29) is 16.9 Å². The Hall–Kier alpha value is -2.19. The van der Waals surface area contributed by atoms with Crippen LogP contribution in [0.1, 0.15) is 20.8 Å². The molecule has 1 aromatic carbocycles. The second-order valence-electron chi connectivity index (χ2n) is 7.11. The predicted octanol–water partition coefficient (Wildman–Crippen LogP) is 3.02. The van der Waals surface area contributed by atoms with Crippen LogP contribution in [0.4, 0.5) is 0 Å². The van der Waals surface area contributed by atoms with E-state index in [2.05, 4.69) is 10.2 Å². The Labute approximate surface area is 177 Å². The van der Waals surface area contributed by atoms with Crippen molar-refractivity contribution in [1.82, 2.24) is 14.8 Å². The zero-order valence-corrected chi connectivity index (χ0v) is 17.7. The number of ether oxygens (including phenoxy) is 1. The third-order valence-corrected chi connectivity index (χ3v) is 6.37. The monoisotopic (exact) mass is 431 g/mol. The average molecular weight is 432 g/mol. The van der Waals surface area contributed by atoms with E-state index >= 15 is 0 Å². The number of hydrogen-bond acceptors (Lipinski definition) is 5. The standard InChI is InChI=1S/C21H22ClN3O3S/c1-24-13-17(21(27)23-11-14-2-4-15(22)5-3-14)19(26)20-18(24)10-16(29-20)12-25-6-8-28-9-7-25/h2-5,10,13H,6-9,11-12H2,1H3,(H,23,27). The molecule has 0 radical (unpaired) electrons. The molecule has 0 bridgehead atoms. The highest BCUT2D eigenvalue weighted by Gasteiger charge is 2.18. The molecule has 1 amide bonds. The fraction of sp³-hybridized carbons (Fsp3) is 0.333. The van der Waals surface area contributed by atoms with Crippen molar-refractivity contribution in [2.45, 2.75) is 13.1 Å². The number of carbonyl (C=O) groups is 1. The molecular weight excluding hydrogens is 410 g/mol. The van der Waals surface area contributed by atoms with E-state index in [4.69, 9.17) is 16.3 Å². The van der Waals surface area contributed by atoms with Crippen LogP contribution in [0.5, 0.6) is 0 Å². The number of amides is 1. The van der Waals surface area contributed by atoms with E-state index < -0.39 is 0 Å². The number of nitrogens with one attached hydrogen (secondary N) is 1. The predicted molar refractivity (Wildman–Crippen MR) is 116 cm³/mol. The lowest BCUT2D eigenvalue weighted by atomic mass is 10.2. The van der Waals surface area contributed by atoms with E-state index in [0.29, 0.717) is 16.3 Å². The number of aromatic nitrogens is 1. The molecule has 152 valence electrons. The number of halogens is 1. The lowest BCUT2D eigenvalue weighted by Gasteiger charge is -2.25. The van der Waals surface area contributed by atoms with Crippen LogP contribution in [0.15, 0.2) is 41.3 Å². The minimum absolute atomic E-state index is 0.161. The summed E-state index contributed by atoms with van der Waals surface area (Å²) in [6.45, 7) is 4.39. The van der Waals surface area contributed by atoms with E-state index in [1.165, 1.54) is 11.3 Å². The molecule has 0 aliphatic carbocycles. The minimum atomic E-state index is -0.370. The SMILES string of the molecule is Cn1cc(C(=O)NCc2ccc(Cl)cc2)c(=O)c2sc(CN3CCOCC3)cc21. The molecule has 2 aromatic heterocycles. The number of thiophene rings is 1. The molecule has 3 heterocycles. The second kappa shape index (κ2) is 8.67. The number of nitrogens with zero attached hydrogens (tertiary/aromatic N) is 2. The van der Waals surface area contributed by atoms with E-state index in [1.807, 2.05) is 29.8 Å². The molecule has 1 aliphatic rings. The van der Waals surface area contributed by atoms with Gasteiger partial charge in [-0.1, -0.05) is 23.7 Å². The van der Waals surface area contributed by atoms with Crippen molar-refractivity contribution >= 4 is 39.1 Å². The van der Waals surface area contributed by atoms with Gasteiger partial charge in [-0.25, -0.2) is 0 Å². The lowest BCUT2D eigenvalue weighted by Crippen LogP contribution is -2.35. The number of fused-ring (bicyclic) bond motifs is 1. The summed E-state index contributed by atoms with van der Waals surface area (Å²) in [6, 6.07) is 9.29. The highest BCUT2D eigenvalue weighted by Crippen LogP contribution is 2.24. The first-order valence-electron chi connectivity index (χ1n) is 9.46. The number of benzene rings is 1. The third-order valence-electron chi connectivity index (χ3n) is 5.01. The summed E-state index contributed by atoms with van der Waals surface area (Å²) >= 11 is 7.36. The third kappa shape index (κ3) is 4.53. The van der Waals surface area contributed by atoms with Crippen LogP contribution in [-0.4, -0.2) is 41.7 Å². The molecule has 1 fully saturated rings. The summed E-state index contributed by atoms with van der Waals surface area (Å²) in [5.41, 5.74) is 1.72. The summed E-state index contributed by atoms with van der Waals surface area (Å²) < 4.78 is 7.87. The molecule has 0 spiro atoms. The van der Waals surface area contributed by atoms with Crippen molar-refractivity contribution in [3.05, 3.63) is 67.8 Å². The topological polar surface area (TPSA) is 63.6 Å². The van der Waals surface area contributed by atoms with Crippen LogP contribution >= 0.6 is 22.9 Å². The van der Waals surface area contributed by atoms with Gasteiger partial charge in [-0.3, -0.25) is 14.5 Å². The van der Waals surface area contributed by atoms with Gasteiger partial charge in [0.05, 0.1) is 23.4 Å². The van der Waals surface area contributed by atoms with Crippen LogP contribution in [0, 0.1) is 0 Å². The fourth-order valence-electron chi connectivity index (χ4n) is 3.40. The first-order chi connectivity index (χ1) is 14.0. The molecule has 1 N–H and O–H groups in total. The van der Waals surface area contributed by atoms with E-state index in [9.17, 15) is 9.59 Å². The molecule has 3 aromatic rings. The van der Waals surface area contributed by atoms with Crippen LogP contribution in [-0.2, 0) is 24.9 Å². The molecule has 0 atom stereocenters. The smallest absolute Gasteiger partial charge is 0.257 e. The normalized spacial score (nSPS) is 15.0. The van der Waals surface area contributed by atoms with Gasteiger partial charge in [0.1, 0.15) is 5.56 Å². The van der Waals surface area contributed by atoms with Crippen molar-refractivity contribution in [2.24, 2.45) is 7.05 Å². The van der Waals surface area contributed by atoms with Gasteiger partial charge in [-0.05, 0) is 23.8 Å². The molecular formula is C21H22ClN3O3S. The maximum Gasteiger partial charge on any atom is 0.257 e. The quantitative estimate of drug-likeness (QED) is 0.674. The van der Waals surface area contributed by atoms with Crippen molar-refractivity contribution < 1.29 is 9.53 Å². The molecule has 8 heteroatoms. The maximum absolute atomic E-state index is 13.0. The van der Waals surface area contributed by atoms with E-state index in [0.717, 1.165) is 48.8 Å². The Morgan fingerprint density at radius 1 is 1.24 bits per heavy atom. The minimum Gasteiger partial charge on any atom is -0.379 e. The Bertz CT molecular complexity index is 1080. The summed E-state index contributed by atoms with van der Waals surface area (Å²) in [6.07, 6.45) is 1.62. The number of morpholine rings is 1. The molecule has 1 saturated heterocycles. The first-order valence-corrected chi connectivity index (χ1v) is 10.7. The lowest BCUT2D eigenvalue weighted by molar-refractivity contribution is 0.0346. The summed E-state index contributed by atoms with van der Waals surface area (Å²) in [4.78, 5) is 29.1. The van der Waals surface area contributed by atoms with Gasteiger partial charge in [0.2, 0.25) is 5.43 Å². The largest absolute Gasteiger partial charge is 0.379 e. The molecule has 0 unspecified atom stereocenters. The molecule has 29 heavy (non-hydrogen) atoms. The first kappa shape index (κ1) is 20.1. The number of carbonyl (C=O) groups excluding carboxylic acids is 1. The summed E-state index contributed by atoms with van der Waals surface area (Å²) in [7, 11) is 1.86. The van der Waals surface area contributed by atoms with Crippen LogP contribution in [0.25, 0.3) is 10.2 Å². The Balaban J connectivity index is 1.54. The highest BCUT2D eigenvalue weighted by molar-refractivity contribution is 7.19. The highest BCUT2D eigenvalue weighted by atomic mass is 35.5. The van der Waals surface area contributed by atoms with Gasteiger partial charge in [-0.2, -0.15) is 0 Å². The zero-order chi connectivity index (χ0) is 20.4. The number of aryl methyl sites for hydroxylation is 1. The zero-order valence-electron chi connectivity index (χ0n) is 16.1. The molecule has 4 rings (SSSR count). The van der Waals surface area contributed by atoms with Gasteiger partial charge >= 0.3 is 0 Å². The van der Waals surface area contributed by atoms with E-state index in [1.54, 1.807) is 18.3 Å². The van der Waals surface area contributed by atoms with Crippen LogP contribution < -0.4 is 10.7 Å². The van der Waals surface area contributed by atoms with Crippen molar-refractivity contribution in [2.75, 3.05) is 26.3 Å².